The first-order chi connectivity index (χ1) is 12.9. The van der Waals surface area contributed by atoms with Crippen LogP contribution in [0.15, 0.2) is 24.3 Å². The maximum Gasteiger partial charge on any atom is 0.260 e. The first kappa shape index (κ1) is 23.0. The molecule has 2 heterocycles. The highest BCUT2D eigenvalue weighted by Crippen LogP contribution is 2.25. The number of rotatable bonds is 6. The minimum atomic E-state index is 0. The molecule has 0 bridgehead atoms. The molecule has 2 aliphatic heterocycles. The molecule has 4 nitrogen and oxygen atoms in total. The topological polar surface area (TPSA) is 32.8 Å². The molecule has 0 N–H and O–H groups in total. The summed E-state index contributed by atoms with van der Waals surface area (Å²) in [4.78, 5) is 17.4. The zero-order valence-corrected chi connectivity index (χ0v) is 18.6. The smallest absolute Gasteiger partial charge is 0.260 e. The molecule has 0 aromatic heterocycles. The van der Waals surface area contributed by atoms with Crippen LogP contribution in [0.2, 0.25) is 0 Å². The van der Waals surface area contributed by atoms with Gasteiger partial charge >= 0.3 is 0 Å². The average molecular weight is 409 g/mol. The van der Waals surface area contributed by atoms with Crippen molar-refractivity contribution in [1.29, 1.82) is 0 Å². The molecule has 1 atom stereocenters. The number of hydrogen-bond donors (Lipinski definition) is 0. The quantitative estimate of drug-likeness (QED) is 0.686. The number of likely N-dealkylation sites (tertiary alicyclic amines) is 2. The summed E-state index contributed by atoms with van der Waals surface area (Å²) in [6.45, 7) is 11.2. The summed E-state index contributed by atoms with van der Waals surface area (Å²) in [5, 5.41) is 0. The summed E-state index contributed by atoms with van der Waals surface area (Å²) >= 11 is 0. The molecule has 0 spiro atoms. The van der Waals surface area contributed by atoms with E-state index >= 15 is 0 Å². The van der Waals surface area contributed by atoms with Crippen LogP contribution in [0, 0.1) is 0 Å². The van der Waals surface area contributed by atoms with Gasteiger partial charge in [0.2, 0.25) is 0 Å². The molecule has 1 aromatic rings. The number of ether oxygens (including phenoxy) is 1. The third-order valence-electron chi connectivity index (χ3n) is 6.01. The summed E-state index contributed by atoms with van der Waals surface area (Å²) in [5.41, 5.74) is 1.41. The molecule has 28 heavy (non-hydrogen) atoms. The second kappa shape index (κ2) is 10.5. The van der Waals surface area contributed by atoms with Crippen LogP contribution in [0.5, 0.6) is 5.75 Å². The Morgan fingerprint density at radius 1 is 1.04 bits per heavy atom. The van der Waals surface area contributed by atoms with Crippen molar-refractivity contribution in [2.45, 2.75) is 70.8 Å². The van der Waals surface area contributed by atoms with Gasteiger partial charge in [0.1, 0.15) is 5.75 Å². The predicted octanol–water partition coefficient (Wildman–Crippen LogP) is 4.65. The zero-order valence-electron chi connectivity index (χ0n) is 17.8. The van der Waals surface area contributed by atoms with E-state index in [1.807, 2.05) is 12.1 Å². The maximum atomic E-state index is 12.8. The predicted molar refractivity (Wildman–Crippen MR) is 118 cm³/mol. The van der Waals surface area contributed by atoms with Crippen molar-refractivity contribution >= 4 is 18.3 Å². The Morgan fingerprint density at radius 3 is 2.32 bits per heavy atom. The van der Waals surface area contributed by atoms with Gasteiger partial charge in [-0.1, -0.05) is 32.9 Å². The molecule has 2 aliphatic rings. The summed E-state index contributed by atoms with van der Waals surface area (Å²) in [7, 11) is 0. The van der Waals surface area contributed by atoms with Gasteiger partial charge in [-0.15, -0.1) is 12.4 Å². The van der Waals surface area contributed by atoms with Gasteiger partial charge in [-0.2, -0.15) is 0 Å². The lowest BCUT2D eigenvalue weighted by Crippen LogP contribution is -2.47. The molecule has 2 saturated heterocycles. The Labute approximate surface area is 177 Å². The Bertz CT molecular complexity index is 606. The number of piperidine rings is 1. The fourth-order valence-electron chi connectivity index (χ4n) is 4.25. The van der Waals surface area contributed by atoms with Crippen molar-refractivity contribution in [3.8, 4) is 5.75 Å². The van der Waals surface area contributed by atoms with Crippen LogP contribution >= 0.6 is 12.4 Å². The molecule has 0 radical (unpaired) electrons. The second-order valence-electron chi connectivity index (χ2n) is 9.14. The first-order valence-corrected chi connectivity index (χ1v) is 10.7. The van der Waals surface area contributed by atoms with Gasteiger partial charge in [0, 0.05) is 19.1 Å². The third-order valence-corrected chi connectivity index (χ3v) is 6.01. The van der Waals surface area contributed by atoms with Crippen LogP contribution in [-0.4, -0.2) is 54.5 Å². The molecule has 0 aliphatic carbocycles. The van der Waals surface area contributed by atoms with Gasteiger partial charge in [0.15, 0.2) is 6.61 Å². The average Bonchev–Trinajstić information content (AvgIpc) is 3.18. The number of benzene rings is 1. The SMILES string of the molecule is CC(C)(C)c1ccc(OCC(=O)N2CCCCC2CCN2CCCC2)cc1.Cl. The van der Waals surface area contributed by atoms with Crippen molar-refractivity contribution in [2.24, 2.45) is 0 Å². The van der Waals surface area contributed by atoms with Gasteiger partial charge < -0.3 is 14.5 Å². The normalized spacial score (nSPS) is 20.7. The van der Waals surface area contributed by atoms with E-state index < -0.39 is 0 Å². The third kappa shape index (κ3) is 6.38. The Balaban J connectivity index is 0.00000280. The minimum Gasteiger partial charge on any atom is -0.484 e. The molecule has 1 aromatic carbocycles. The number of amides is 1. The van der Waals surface area contributed by atoms with Crippen LogP contribution in [0.1, 0.15) is 64.9 Å². The van der Waals surface area contributed by atoms with E-state index in [2.05, 4.69) is 42.7 Å². The molecule has 1 amide bonds. The van der Waals surface area contributed by atoms with Gasteiger partial charge in [0.25, 0.3) is 5.91 Å². The molecular weight excluding hydrogens is 372 g/mol. The highest BCUT2D eigenvalue weighted by atomic mass is 35.5. The highest BCUT2D eigenvalue weighted by molar-refractivity contribution is 5.85. The molecule has 0 saturated carbocycles. The van der Waals surface area contributed by atoms with Gasteiger partial charge in [-0.3, -0.25) is 4.79 Å². The highest BCUT2D eigenvalue weighted by Gasteiger charge is 2.27. The Hall–Kier alpha value is -1.26. The number of nitrogens with zero attached hydrogens (tertiary/aromatic N) is 2. The van der Waals surface area contributed by atoms with Crippen LogP contribution in [0.3, 0.4) is 0 Å². The van der Waals surface area contributed by atoms with Crippen molar-refractivity contribution in [3.05, 3.63) is 29.8 Å². The van der Waals surface area contributed by atoms with E-state index in [9.17, 15) is 4.79 Å². The van der Waals surface area contributed by atoms with Crippen molar-refractivity contribution in [1.82, 2.24) is 9.80 Å². The lowest BCUT2D eigenvalue weighted by Gasteiger charge is -2.36. The minimum absolute atomic E-state index is 0. The van der Waals surface area contributed by atoms with E-state index in [0.717, 1.165) is 38.1 Å². The van der Waals surface area contributed by atoms with Gasteiger partial charge in [-0.25, -0.2) is 0 Å². The first-order valence-electron chi connectivity index (χ1n) is 10.7. The molecule has 1 unspecified atom stereocenters. The van der Waals surface area contributed by atoms with E-state index in [0.29, 0.717) is 6.04 Å². The van der Waals surface area contributed by atoms with Crippen LogP contribution in [-0.2, 0) is 10.2 Å². The van der Waals surface area contributed by atoms with Crippen molar-refractivity contribution < 1.29 is 9.53 Å². The van der Waals surface area contributed by atoms with E-state index in [1.165, 1.54) is 37.9 Å². The van der Waals surface area contributed by atoms with Crippen LogP contribution in [0.25, 0.3) is 0 Å². The summed E-state index contributed by atoms with van der Waals surface area (Å²) in [5.74, 6) is 0.919. The molecule has 158 valence electrons. The molecule has 5 heteroatoms. The van der Waals surface area contributed by atoms with E-state index in [4.69, 9.17) is 4.74 Å². The molecular formula is C23H37ClN2O2. The Morgan fingerprint density at radius 2 is 1.68 bits per heavy atom. The lowest BCUT2D eigenvalue weighted by atomic mass is 9.87. The van der Waals surface area contributed by atoms with Crippen molar-refractivity contribution in [3.63, 3.8) is 0 Å². The largest absolute Gasteiger partial charge is 0.484 e. The Kier molecular flexibility index (Phi) is 8.63. The summed E-state index contributed by atoms with van der Waals surface area (Å²) in [6.07, 6.45) is 7.26. The monoisotopic (exact) mass is 408 g/mol. The fourth-order valence-corrected chi connectivity index (χ4v) is 4.25. The van der Waals surface area contributed by atoms with E-state index in [1.54, 1.807) is 0 Å². The summed E-state index contributed by atoms with van der Waals surface area (Å²) < 4.78 is 5.81. The van der Waals surface area contributed by atoms with Crippen LogP contribution in [0.4, 0.5) is 0 Å². The number of carbonyl (C=O) groups is 1. The standard InChI is InChI=1S/C23H36N2O2.ClH/c1-23(2,3)19-9-11-21(12-10-19)27-18-22(26)25-16-5-4-8-20(25)13-17-24-14-6-7-15-24;/h9-12,20H,4-8,13-18H2,1-3H3;1H. The van der Waals surface area contributed by atoms with Crippen molar-refractivity contribution in [2.75, 3.05) is 32.8 Å². The molecule has 2 fully saturated rings. The summed E-state index contributed by atoms with van der Waals surface area (Å²) in [6, 6.07) is 8.54. The maximum absolute atomic E-state index is 12.8. The number of carbonyl (C=O) groups excluding carboxylic acids is 1. The second-order valence-corrected chi connectivity index (χ2v) is 9.14. The van der Waals surface area contributed by atoms with E-state index in [-0.39, 0.29) is 30.3 Å². The number of halogens is 1. The van der Waals surface area contributed by atoms with Gasteiger partial charge in [0.05, 0.1) is 0 Å². The number of hydrogen-bond acceptors (Lipinski definition) is 3. The fraction of sp³-hybridized carbons (Fsp3) is 0.696. The van der Waals surface area contributed by atoms with Gasteiger partial charge in [-0.05, 0) is 74.7 Å². The zero-order chi connectivity index (χ0) is 19.3. The lowest BCUT2D eigenvalue weighted by molar-refractivity contribution is -0.137. The molecule has 3 rings (SSSR count). The van der Waals surface area contributed by atoms with Crippen LogP contribution < -0.4 is 4.74 Å².